The van der Waals surface area contributed by atoms with Crippen LogP contribution in [-0.2, 0) is 28.6 Å². The number of carbonyl (C=O) groups excluding carboxylic acids is 3. The van der Waals surface area contributed by atoms with E-state index in [1.807, 2.05) is 12.2 Å². The average Bonchev–Trinajstić information content (AvgIpc) is 3.35. The SMILES string of the molecule is CC\C=C/C=C\C=C/CCCCCCCCCC(=O)OCC(COC(=O)CC/C=C\C/C=C\C/C=C\C/C=C\C/C=C\C/C=C\CC)OC(=O)CCCCCCCCC/C=C\C/C=C\CCCCC. The van der Waals surface area contributed by atoms with E-state index >= 15 is 0 Å². The molecule has 1 unspecified atom stereocenters. The molecule has 0 aliphatic rings. The van der Waals surface area contributed by atoms with Crippen molar-refractivity contribution in [2.45, 2.75) is 232 Å². The molecule has 0 saturated heterocycles. The lowest BCUT2D eigenvalue weighted by atomic mass is 10.1. The van der Waals surface area contributed by atoms with Crippen LogP contribution in [0.25, 0.3) is 0 Å². The number of carbonyl (C=O) groups is 3. The van der Waals surface area contributed by atoms with Crippen molar-refractivity contribution in [1.82, 2.24) is 0 Å². The third-order valence-electron chi connectivity index (χ3n) is 11.2. The van der Waals surface area contributed by atoms with Gasteiger partial charge in [0, 0.05) is 19.3 Å². The Hall–Kier alpha value is -4.45. The smallest absolute Gasteiger partial charge is 0.306 e. The van der Waals surface area contributed by atoms with Gasteiger partial charge in [-0.3, -0.25) is 14.4 Å². The summed E-state index contributed by atoms with van der Waals surface area (Å²) in [5.41, 5.74) is 0. The fourth-order valence-electron chi connectivity index (χ4n) is 7.09. The number of ether oxygens (including phenoxy) is 3. The Morgan fingerprint density at radius 2 is 0.667 bits per heavy atom. The Morgan fingerprint density at radius 1 is 0.319 bits per heavy atom. The Kier molecular flexibility index (Phi) is 52.5. The molecule has 0 amide bonds. The lowest BCUT2D eigenvalue weighted by Gasteiger charge is -2.18. The Balaban J connectivity index is 4.55. The van der Waals surface area contributed by atoms with Crippen LogP contribution >= 0.6 is 0 Å². The zero-order valence-corrected chi connectivity index (χ0v) is 44.3. The van der Waals surface area contributed by atoms with Crippen molar-refractivity contribution in [3.8, 4) is 0 Å². The fraction of sp³-hybridized carbons (Fsp3) is 0.603. The molecule has 0 radical (unpaired) electrons. The molecule has 0 rings (SSSR count). The summed E-state index contributed by atoms with van der Waals surface area (Å²) in [5, 5.41) is 0. The molecule has 6 nitrogen and oxygen atoms in total. The van der Waals surface area contributed by atoms with Crippen molar-refractivity contribution in [3.63, 3.8) is 0 Å². The highest BCUT2D eigenvalue weighted by Gasteiger charge is 2.19. The normalized spacial score (nSPS) is 13.1. The van der Waals surface area contributed by atoms with Crippen LogP contribution in [0.5, 0.6) is 0 Å². The van der Waals surface area contributed by atoms with Crippen molar-refractivity contribution < 1.29 is 28.6 Å². The predicted octanol–water partition coefficient (Wildman–Crippen LogP) is 18.6. The Labute approximate surface area is 424 Å². The number of hydrogen-bond donors (Lipinski definition) is 0. The highest BCUT2D eigenvalue weighted by Crippen LogP contribution is 2.14. The van der Waals surface area contributed by atoms with Crippen LogP contribution in [-0.4, -0.2) is 37.2 Å². The van der Waals surface area contributed by atoms with Crippen LogP contribution in [0, 0.1) is 0 Å². The van der Waals surface area contributed by atoms with Crippen LogP contribution in [0.2, 0.25) is 0 Å². The van der Waals surface area contributed by atoms with Gasteiger partial charge >= 0.3 is 17.9 Å². The lowest BCUT2D eigenvalue weighted by Crippen LogP contribution is -2.30. The standard InChI is InChI=1S/C63H100O6/c1-4-7-10-13-16-19-22-25-28-30-31-33-35-38-41-44-47-50-53-56-62(65)68-59-60(58-67-61(64)55-52-49-46-43-40-37-34-27-24-21-18-15-12-9-6-3)69-63(66)57-54-51-48-45-42-39-36-32-29-26-23-20-17-14-11-8-5-2/h7,9-10,12,15-21,24-26,28-29,31,33,38,41,47,50,60H,4-6,8,11,13-14,22-23,27,30,32,34-37,39-40,42-46,48-49,51-59H2,1-3H3/b10-7-,12-9-,18-15-,19-16-,20-17-,24-21-,28-25-,29-26-,33-31-,41-38-,50-47-. The minimum atomic E-state index is -0.823. The highest BCUT2D eigenvalue weighted by atomic mass is 16.6. The second-order valence-electron chi connectivity index (χ2n) is 17.8. The number of esters is 3. The molecule has 0 saturated carbocycles. The number of hydrogen-bond acceptors (Lipinski definition) is 6. The topological polar surface area (TPSA) is 78.9 Å². The first-order valence-corrected chi connectivity index (χ1v) is 27.7. The van der Waals surface area contributed by atoms with Gasteiger partial charge in [0.15, 0.2) is 6.10 Å². The maximum absolute atomic E-state index is 12.8. The van der Waals surface area contributed by atoms with Crippen LogP contribution in [0.1, 0.15) is 226 Å². The molecule has 0 aromatic heterocycles. The van der Waals surface area contributed by atoms with Gasteiger partial charge in [-0.2, -0.15) is 0 Å². The molecule has 0 fully saturated rings. The molecule has 0 N–H and O–H groups in total. The summed E-state index contributed by atoms with van der Waals surface area (Å²) in [4.78, 5) is 38.1. The average molecular weight is 953 g/mol. The van der Waals surface area contributed by atoms with Gasteiger partial charge in [-0.25, -0.2) is 0 Å². The van der Waals surface area contributed by atoms with Crippen LogP contribution in [0.15, 0.2) is 134 Å². The van der Waals surface area contributed by atoms with E-state index in [1.165, 1.54) is 77.0 Å². The maximum Gasteiger partial charge on any atom is 0.306 e. The molecule has 388 valence electrons. The first-order chi connectivity index (χ1) is 34.0. The summed E-state index contributed by atoms with van der Waals surface area (Å²) >= 11 is 0. The van der Waals surface area contributed by atoms with E-state index in [9.17, 15) is 14.4 Å². The summed E-state index contributed by atoms with van der Waals surface area (Å²) < 4.78 is 16.8. The zero-order valence-electron chi connectivity index (χ0n) is 44.3. The first-order valence-electron chi connectivity index (χ1n) is 27.7. The molecule has 0 heterocycles. The van der Waals surface area contributed by atoms with E-state index in [4.69, 9.17) is 14.2 Å². The van der Waals surface area contributed by atoms with Crippen molar-refractivity contribution in [2.75, 3.05) is 13.2 Å². The van der Waals surface area contributed by atoms with Crippen molar-refractivity contribution >= 4 is 17.9 Å². The van der Waals surface area contributed by atoms with Gasteiger partial charge in [0.1, 0.15) is 13.2 Å². The van der Waals surface area contributed by atoms with Crippen molar-refractivity contribution in [1.29, 1.82) is 0 Å². The largest absolute Gasteiger partial charge is 0.462 e. The van der Waals surface area contributed by atoms with Crippen LogP contribution < -0.4 is 0 Å². The van der Waals surface area contributed by atoms with Crippen molar-refractivity contribution in [2.24, 2.45) is 0 Å². The monoisotopic (exact) mass is 953 g/mol. The van der Waals surface area contributed by atoms with E-state index < -0.39 is 6.10 Å². The van der Waals surface area contributed by atoms with Gasteiger partial charge in [0.2, 0.25) is 0 Å². The molecule has 69 heavy (non-hydrogen) atoms. The second kappa shape index (κ2) is 56.1. The summed E-state index contributed by atoms with van der Waals surface area (Å²) in [6.07, 6.45) is 78.7. The molecule has 1 atom stereocenters. The van der Waals surface area contributed by atoms with E-state index in [2.05, 4.69) is 142 Å². The van der Waals surface area contributed by atoms with Gasteiger partial charge < -0.3 is 14.2 Å². The quantitative estimate of drug-likeness (QED) is 0.0199. The van der Waals surface area contributed by atoms with E-state index in [0.29, 0.717) is 19.3 Å². The lowest BCUT2D eigenvalue weighted by molar-refractivity contribution is -0.166. The van der Waals surface area contributed by atoms with Gasteiger partial charge in [0.05, 0.1) is 0 Å². The van der Waals surface area contributed by atoms with Gasteiger partial charge in [-0.1, -0.05) is 231 Å². The first kappa shape index (κ1) is 64.5. The molecular weight excluding hydrogens is 853 g/mol. The third-order valence-corrected chi connectivity index (χ3v) is 11.2. The zero-order chi connectivity index (χ0) is 50.0. The predicted molar refractivity (Wildman–Crippen MR) is 297 cm³/mol. The maximum atomic E-state index is 12.8. The second-order valence-corrected chi connectivity index (χ2v) is 17.8. The number of unbranched alkanes of at least 4 members (excludes halogenated alkanes) is 17. The third kappa shape index (κ3) is 54.4. The minimum absolute atomic E-state index is 0.115. The van der Waals surface area contributed by atoms with E-state index in [0.717, 1.165) is 103 Å². The van der Waals surface area contributed by atoms with E-state index in [1.54, 1.807) is 0 Å². The van der Waals surface area contributed by atoms with Crippen LogP contribution in [0.3, 0.4) is 0 Å². The Morgan fingerprint density at radius 3 is 1.13 bits per heavy atom. The molecular formula is C63H100O6. The molecule has 0 spiro atoms. The molecule has 0 bridgehead atoms. The van der Waals surface area contributed by atoms with Gasteiger partial charge in [-0.15, -0.1) is 0 Å². The number of rotatable bonds is 48. The summed E-state index contributed by atoms with van der Waals surface area (Å²) in [6.45, 7) is 6.28. The Bertz CT molecular complexity index is 1510. The number of allylic oxidation sites excluding steroid dienone is 22. The molecule has 0 aliphatic carbocycles. The molecule has 0 aromatic carbocycles. The van der Waals surface area contributed by atoms with Crippen molar-refractivity contribution in [3.05, 3.63) is 134 Å². The van der Waals surface area contributed by atoms with Gasteiger partial charge in [-0.05, 0) is 109 Å². The highest BCUT2D eigenvalue weighted by molar-refractivity contribution is 5.71. The molecule has 0 aliphatic heterocycles. The van der Waals surface area contributed by atoms with Crippen LogP contribution in [0.4, 0.5) is 0 Å². The van der Waals surface area contributed by atoms with Gasteiger partial charge in [0.25, 0.3) is 0 Å². The fourth-order valence-corrected chi connectivity index (χ4v) is 7.09. The summed E-state index contributed by atoms with van der Waals surface area (Å²) in [7, 11) is 0. The summed E-state index contributed by atoms with van der Waals surface area (Å²) in [5.74, 6) is -1.03. The summed E-state index contributed by atoms with van der Waals surface area (Å²) in [6, 6.07) is 0. The molecule has 0 aromatic rings. The van der Waals surface area contributed by atoms with E-state index in [-0.39, 0.29) is 37.5 Å². The molecule has 6 heteroatoms. The minimum Gasteiger partial charge on any atom is -0.462 e.